The number of carbonyl (C=O) groups is 2. The molecule has 0 aliphatic heterocycles. The number of carboxylic acid groups (broad SMARTS) is 1. The first-order valence-corrected chi connectivity index (χ1v) is 6.67. The monoisotopic (exact) mass is 345 g/mol. The second-order valence-corrected chi connectivity index (χ2v) is 5.07. The number of hydrogen-bond acceptors (Lipinski definition) is 4. The van der Waals surface area contributed by atoms with Gasteiger partial charge >= 0.3 is 5.97 Å². The van der Waals surface area contributed by atoms with Crippen molar-refractivity contribution in [2.24, 2.45) is 0 Å². The second kappa shape index (κ2) is 7.86. The Bertz CT molecular complexity index is 492. The van der Waals surface area contributed by atoms with Crippen molar-refractivity contribution in [3.8, 4) is 5.75 Å². The first kappa shape index (κ1) is 16.5. The lowest BCUT2D eigenvalue weighted by molar-refractivity contribution is -0.124. The predicted octanol–water partition coefficient (Wildman–Crippen LogP) is 1.68. The van der Waals surface area contributed by atoms with Crippen molar-refractivity contribution in [1.29, 1.82) is 0 Å². The highest BCUT2D eigenvalue weighted by Crippen LogP contribution is 2.23. The van der Waals surface area contributed by atoms with Gasteiger partial charge in [-0.05, 0) is 25.1 Å². The van der Waals surface area contributed by atoms with Gasteiger partial charge in [-0.3, -0.25) is 4.79 Å². The first-order valence-electron chi connectivity index (χ1n) is 5.88. The minimum absolute atomic E-state index is 0.00267. The average molecular weight is 346 g/mol. The Balaban J connectivity index is 2.61. The summed E-state index contributed by atoms with van der Waals surface area (Å²) in [5.41, 5.74) is -0.00267. The lowest BCUT2D eigenvalue weighted by Crippen LogP contribution is -2.38. The molecule has 1 rings (SSSR count). The molecular formula is C13H16BrNO5. The Labute approximate surface area is 125 Å². The van der Waals surface area contributed by atoms with Crippen LogP contribution in [0.4, 0.5) is 0 Å². The fourth-order valence-corrected chi connectivity index (χ4v) is 1.91. The van der Waals surface area contributed by atoms with Crippen LogP contribution >= 0.6 is 15.9 Å². The summed E-state index contributed by atoms with van der Waals surface area (Å²) < 4.78 is 10.8. The number of benzene rings is 1. The Hall–Kier alpha value is -1.60. The van der Waals surface area contributed by atoms with Crippen molar-refractivity contribution >= 4 is 27.8 Å². The van der Waals surface area contributed by atoms with Crippen LogP contribution in [0.3, 0.4) is 0 Å². The summed E-state index contributed by atoms with van der Waals surface area (Å²) in [6.07, 6.45) is 0. The van der Waals surface area contributed by atoms with Crippen LogP contribution in [0.5, 0.6) is 5.75 Å². The maximum Gasteiger partial charge on any atom is 0.339 e. The lowest BCUT2D eigenvalue weighted by Gasteiger charge is -2.14. The molecule has 1 aromatic carbocycles. The minimum Gasteiger partial charge on any atom is -0.483 e. The van der Waals surface area contributed by atoms with Gasteiger partial charge in [0.15, 0.2) is 6.61 Å². The van der Waals surface area contributed by atoms with Gasteiger partial charge in [0, 0.05) is 17.6 Å². The van der Waals surface area contributed by atoms with E-state index in [9.17, 15) is 9.59 Å². The zero-order valence-electron chi connectivity index (χ0n) is 11.2. The minimum atomic E-state index is -1.12. The van der Waals surface area contributed by atoms with Gasteiger partial charge in [-0.25, -0.2) is 4.79 Å². The smallest absolute Gasteiger partial charge is 0.339 e. The van der Waals surface area contributed by atoms with E-state index in [2.05, 4.69) is 21.2 Å². The van der Waals surface area contributed by atoms with E-state index in [-0.39, 0.29) is 29.9 Å². The molecule has 20 heavy (non-hydrogen) atoms. The van der Waals surface area contributed by atoms with Gasteiger partial charge in [0.1, 0.15) is 11.3 Å². The topological polar surface area (TPSA) is 84.9 Å². The SMILES string of the molecule is COCC(C)NC(=O)COc1ccc(Br)cc1C(=O)O. The van der Waals surface area contributed by atoms with Crippen molar-refractivity contribution in [1.82, 2.24) is 5.32 Å². The number of ether oxygens (including phenoxy) is 2. The molecule has 0 fully saturated rings. The van der Waals surface area contributed by atoms with Crippen molar-refractivity contribution < 1.29 is 24.2 Å². The molecule has 110 valence electrons. The van der Waals surface area contributed by atoms with Crippen LogP contribution in [0.2, 0.25) is 0 Å². The summed E-state index contributed by atoms with van der Waals surface area (Å²) in [4.78, 5) is 22.7. The van der Waals surface area contributed by atoms with E-state index in [0.29, 0.717) is 11.1 Å². The predicted molar refractivity (Wildman–Crippen MR) is 76.1 cm³/mol. The Kier molecular flexibility index (Phi) is 6.47. The summed E-state index contributed by atoms with van der Waals surface area (Å²) in [6, 6.07) is 4.43. The fraction of sp³-hybridized carbons (Fsp3) is 0.385. The number of halogens is 1. The van der Waals surface area contributed by atoms with E-state index >= 15 is 0 Å². The first-order chi connectivity index (χ1) is 9.43. The van der Waals surface area contributed by atoms with E-state index < -0.39 is 5.97 Å². The highest BCUT2D eigenvalue weighted by molar-refractivity contribution is 9.10. The van der Waals surface area contributed by atoms with E-state index in [1.807, 2.05) is 0 Å². The van der Waals surface area contributed by atoms with Crippen LogP contribution < -0.4 is 10.1 Å². The summed E-state index contributed by atoms with van der Waals surface area (Å²) in [5, 5.41) is 11.7. The van der Waals surface area contributed by atoms with Crippen LogP contribution in [-0.2, 0) is 9.53 Å². The van der Waals surface area contributed by atoms with E-state index in [1.54, 1.807) is 20.1 Å². The molecule has 0 bridgehead atoms. The number of nitrogens with one attached hydrogen (secondary N) is 1. The van der Waals surface area contributed by atoms with Gasteiger partial charge in [-0.1, -0.05) is 15.9 Å². The molecule has 1 unspecified atom stereocenters. The molecule has 0 saturated carbocycles. The van der Waals surface area contributed by atoms with E-state index in [1.165, 1.54) is 12.1 Å². The molecule has 0 heterocycles. The molecular weight excluding hydrogens is 330 g/mol. The van der Waals surface area contributed by atoms with Crippen molar-refractivity contribution in [3.05, 3.63) is 28.2 Å². The molecule has 2 N–H and O–H groups in total. The zero-order chi connectivity index (χ0) is 15.1. The van der Waals surface area contributed by atoms with Crippen LogP contribution in [0, 0.1) is 0 Å². The molecule has 1 amide bonds. The third-order valence-electron chi connectivity index (χ3n) is 2.35. The van der Waals surface area contributed by atoms with Crippen LogP contribution in [0.15, 0.2) is 22.7 Å². The number of methoxy groups -OCH3 is 1. The van der Waals surface area contributed by atoms with E-state index in [4.69, 9.17) is 14.6 Å². The molecule has 0 spiro atoms. The van der Waals surface area contributed by atoms with Crippen LogP contribution in [0.1, 0.15) is 17.3 Å². The standard InChI is InChI=1S/C13H16BrNO5/c1-8(6-19-2)15-12(16)7-20-11-4-3-9(14)5-10(11)13(17)18/h3-5,8H,6-7H2,1-2H3,(H,15,16)(H,17,18). The number of hydrogen-bond donors (Lipinski definition) is 2. The van der Waals surface area contributed by atoms with Crippen molar-refractivity contribution in [3.63, 3.8) is 0 Å². The zero-order valence-corrected chi connectivity index (χ0v) is 12.8. The average Bonchev–Trinajstić information content (AvgIpc) is 2.37. The molecule has 0 saturated heterocycles. The summed E-state index contributed by atoms with van der Waals surface area (Å²) in [6.45, 7) is 1.93. The molecule has 6 nitrogen and oxygen atoms in total. The van der Waals surface area contributed by atoms with Gasteiger partial charge in [-0.15, -0.1) is 0 Å². The Morgan fingerprint density at radius 2 is 2.15 bits per heavy atom. The number of aromatic carboxylic acids is 1. The van der Waals surface area contributed by atoms with Crippen molar-refractivity contribution in [2.75, 3.05) is 20.3 Å². The molecule has 0 aliphatic rings. The van der Waals surface area contributed by atoms with Gasteiger partial charge in [0.25, 0.3) is 5.91 Å². The summed E-state index contributed by atoms with van der Waals surface area (Å²) >= 11 is 3.18. The van der Waals surface area contributed by atoms with E-state index in [0.717, 1.165) is 0 Å². The third-order valence-corrected chi connectivity index (χ3v) is 2.85. The third kappa shape index (κ3) is 5.18. The normalized spacial score (nSPS) is 11.8. The second-order valence-electron chi connectivity index (χ2n) is 4.16. The molecule has 0 radical (unpaired) electrons. The fourth-order valence-electron chi connectivity index (χ4n) is 1.55. The number of carboxylic acids is 1. The van der Waals surface area contributed by atoms with Crippen LogP contribution in [0.25, 0.3) is 0 Å². The summed E-state index contributed by atoms with van der Waals surface area (Å²) in [5.74, 6) is -1.31. The molecule has 0 aromatic heterocycles. The quantitative estimate of drug-likeness (QED) is 0.785. The van der Waals surface area contributed by atoms with Gasteiger partial charge < -0.3 is 19.9 Å². The highest BCUT2D eigenvalue weighted by atomic mass is 79.9. The van der Waals surface area contributed by atoms with Gasteiger partial charge in [-0.2, -0.15) is 0 Å². The molecule has 7 heteroatoms. The number of rotatable bonds is 7. The van der Waals surface area contributed by atoms with Crippen LogP contribution in [-0.4, -0.2) is 43.3 Å². The Morgan fingerprint density at radius 3 is 2.75 bits per heavy atom. The lowest BCUT2D eigenvalue weighted by atomic mass is 10.2. The van der Waals surface area contributed by atoms with Crippen molar-refractivity contribution in [2.45, 2.75) is 13.0 Å². The van der Waals surface area contributed by atoms with Gasteiger partial charge in [0.05, 0.1) is 6.61 Å². The molecule has 1 aromatic rings. The highest BCUT2D eigenvalue weighted by Gasteiger charge is 2.14. The number of amides is 1. The largest absolute Gasteiger partial charge is 0.483 e. The maximum absolute atomic E-state index is 11.6. The Morgan fingerprint density at radius 1 is 1.45 bits per heavy atom. The summed E-state index contributed by atoms with van der Waals surface area (Å²) in [7, 11) is 1.54. The molecule has 0 aliphatic carbocycles. The maximum atomic E-state index is 11.6. The molecule has 1 atom stereocenters. The number of carbonyl (C=O) groups excluding carboxylic acids is 1. The van der Waals surface area contributed by atoms with Gasteiger partial charge in [0.2, 0.25) is 0 Å².